The Morgan fingerprint density at radius 1 is 1.03 bits per heavy atom. The predicted molar refractivity (Wildman–Crippen MR) is 129 cm³/mol. The molecule has 0 saturated carbocycles. The Hall–Kier alpha value is -2.80. The summed E-state index contributed by atoms with van der Waals surface area (Å²) in [6.45, 7) is 3.94. The van der Waals surface area contributed by atoms with Crippen LogP contribution in [0.4, 0.5) is 0 Å². The number of ether oxygens (including phenoxy) is 4. The fourth-order valence-corrected chi connectivity index (χ4v) is 5.04. The Balaban J connectivity index is 2.06. The molecule has 0 aliphatic rings. The summed E-state index contributed by atoms with van der Waals surface area (Å²) in [5, 5.41) is 7.71. The van der Waals surface area contributed by atoms with Crippen molar-refractivity contribution in [2.75, 3.05) is 27.9 Å². The van der Waals surface area contributed by atoms with E-state index >= 15 is 0 Å². The number of benzene rings is 1. The Morgan fingerprint density at radius 3 is 2.17 bits per heavy atom. The second-order valence-electron chi connectivity index (χ2n) is 7.44. The summed E-state index contributed by atoms with van der Waals surface area (Å²) in [4.78, 5) is 8.25. The van der Waals surface area contributed by atoms with Gasteiger partial charge in [-0.2, -0.15) is 0 Å². The Kier molecular flexibility index (Phi) is 9.00. The van der Waals surface area contributed by atoms with E-state index in [1.807, 2.05) is 6.92 Å². The molecular formula is C22H28ClN5O6S. The summed E-state index contributed by atoms with van der Waals surface area (Å²) >= 11 is 5.87. The monoisotopic (exact) mass is 525 g/mol. The highest BCUT2D eigenvalue weighted by Crippen LogP contribution is 2.35. The molecule has 35 heavy (non-hydrogen) atoms. The summed E-state index contributed by atoms with van der Waals surface area (Å²) in [5.74, 6) is 1.24. The van der Waals surface area contributed by atoms with Crippen molar-refractivity contribution in [3.63, 3.8) is 0 Å². The molecule has 1 aromatic carbocycles. The van der Waals surface area contributed by atoms with Crippen molar-refractivity contribution in [2.45, 2.75) is 37.6 Å². The van der Waals surface area contributed by atoms with Crippen molar-refractivity contribution in [3.8, 4) is 17.2 Å². The molecule has 3 rings (SSSR count). The molecule has 0 amide bonds. The fourth-order valence-electron chi connectivity index (χ4n) is 3.52. The van der Waals surface area contributed by atoms with E-state index < -0.39 is 26.9 Å². The van der Waals surface area contributed by atoms with E-state index in [0.29, 0.717) is 34.6 Å². The van der Waals surface area contributed by atoms with Crippen LogP contribution in [-0.2, 0) is 31.7 Å². The summed E-state index contributed by atoms with van der Waals surface area (Å²) in [6, 6.07) is 5.24. The van der Waals surface area contributed by atoms with Gasteiger partial charge in [-0.15, -0.1) is 10.2 Å². The predicted octanol–water partition coefficient (Wildman–Crippen LogP) is 2.96. The minimum atomic E-state index is -3.84. The third-order valence-corrected chi connectivity index (χ3v) is 7.57. The SMILES string of the molecule is CCOCc1nnc(CS(=O)(=O)[C@@H](C)[C@H](OC)c2ncc(Cl)cn2)n1-c1c(OC)cccc1OC. The molecule has 0 bridgehead atoms. The molecule has 0 radical (unpaired) electrons. The van der Waals surface area contributed by atoms with Crippen LogP contribution in [0.3, 0.4) is 0 Å². The molecule has 11 nitrogen and oxygen atoms in total. The lowest BCUT2D eigenvalue weighted by Gasteiger charge is -2.22. The average molecular weight is 526 g/mol. The molecule has 0 aliphatic carbocycles. The lowest BCUT2D eigenvalue weighted by Crippen LogP contribution is -2.30. The van der Waals surface area contributed by atoms with Crippen LogP contribution in [0, 0.1) is 0 Å². The van der Waals surface area contributed by atoms with Gasteiger partial charge in [0, 0.05) is 26.1 Å². The van der Waals surface area contributed by atoms with Gasteiger partial charge in [0.25, 0.3) is 0 Å². The zero-order valence-corrected chi connectivity index (χ0v) is 21.7. The Bertz CT molecular complexity index is 1210. The molecule has 190 valence electrons. The first-order chi connectivity index (χ1) is 16.8. The van der Waals surface area contributed by atoms with Crippen molar-refractivity contribution in [1.82, 2.24) is 24.7 Å². The summed E-state index contributed by atoms with van der Waals surface area (Å²) < 4.78 is 50.7. The highest BCUT2D eigenvalue weighted by Gasteiger charge is 2.35. The summed E-state index contributed by atoms with van der Waals surface area (Å²) in [7, 11) is 0.581. The molecule has 0 spiro atoms. The lowest BCUT2D eigenvalue weighted by atomic mass is 10.2. The van der Waals surface area contributed by atoms with Gasteiger partial charge in [0.15, 0.2) is 27.3 Å². The quantitative estimate of drug-likeness (QED) is 0.348. The van der Waals surface area contributed by atoms with Crippen LogP contribution in [0.2, 0.25) is 5.02 Å². The second-order valence-corrected chi connectivity index (χ2v) is 10.2. The van der Waals surface area contributed by atoms with E-state index in [9.17, 15) is 8.42 Å². The molecule has 13 heteroatoms. The third kappa shape index (κ3) is 5.89. The Morgan fingerprint density at radius 2 is 1.63 bits per heavy atom. The number of sulfone groups is 1. The topological polar surface area (TPSA) is 128 Å². The van der Waals surface area contributed by atoms with E-state index in [1.54, 1.807) is 22.8 Å². The van der Waals surface area contributed by atoms with Gasteiger partial charge in [-0.25, -0.2) is 18.4 Å². The van der Waals surface area contributed by atoms with Crippen molar-refractivity contribution in [2.24, 2.45) is 0 Å². The first kappa shape index (κ1) is 26.8. The maximum Gasteiger partial charge on any atom is 0.163 e. The van der Waals surface area contributed by atoms with E-state index in [0.717, 1.165) is 0 Å². The van der Waals surface area contributed by atoms with Crippen LogP contribution in [0.25, 0.3) is 5.69 Å². The van der Waals surface area contributed by atoms with Crippen LogP contribution in [-0.4, -0.2) is 66.3 Å². The summed E-state index contributed by atoms with van der Waals surface area (Å²) in [5.41, 5.74) is 0.472. The molecular weight excluding hydrogens is 498 g/mol. The zero-order valence-electron chi connectivity index (χ0n) is 20.1. The number of rotatable bonds is 12. The minimum Gasteiger partial charge on any atom is -0.494 e. The molecule has 2 heterocycles. The molecule has 3 aromatic rings. The minimum absolute atomic E-state index is 0.111. The number of para-hydroxylation sites is 1. The van der Waals surface area contributed by atoms with E-state index in [-0.39, 0.29) is 18.3 Å². The van der Waals surface area contributed by atoms with Gasteiger partial charge >= 0.3 is 0 Å². The van der Waals surface area contributed by atoms with Crippen molar-refractivity contribution in [3.05, 3.63) is 53.1 Å². The number of methoxy groups -OCH3 is 3. The number of nitrogens with zero attached hydrogens (tertiary/aromatic N) is 5. The molecule has 0 saturated heterocycles. The van der Waals surface area contributed by atoms with E-state index in [1.165, 1.54) is 40.6 Å². The summed E-state index contributed by atoms with van der Waals surface area (Å²) in [6.07, 6.45) is 1.86. The third-order valence-electron chi connectivity index (χ3n) is 5.33. The van der Waals surface area contributed by atoms with Gasteiger partial charge < -0.3 is 18.9 Å². The molecule has 0 N–H and O–H groups in total. The van der Waals surface area contributed by atoms with Crippen molar-refractivity contribution < 1.29 is 27.4 Å². The van der Waals surface area contributed by atoms with Crippen LogP contribution in [0.1, 0.15) is 37.4 Å². The normalized spacial score (nSPS) is 13.4. The standard InChI is InChI=1S/C22H28ClN5O6S/c1-6-34-12-18-26-27-19(28(18)20-16(31-3)8-7-9-17(20)32-4)13-35(29,30)14(2)21(33-5)22-24-10-15(23)11-25-22/h7-11,14,21H,6,12-13H2,1-5H3/t14-,21-/m0/s1. The average Bonchev–Trinajstić information content (AvgIpc) is 3.24. The van der Waals surface area contributed by atoms with Crippen molar-refractivity contribution in [1.29, 1.82) is 0 Å². The van der Waals surface area contributed by atoms with Crippen molar-refractivity contribution >= 4 is 21.4 Å². The first-order valence-corrected chi connectivity index (χ1v) is 12.8. The largest absolute Gasteiger partial charge is 0.494 e. The van der Waals surface area contributed by atoms with Crippen LogP contribution >= 0.6 is 11.6 Å². The van der Waals surface area contributed by atoms with Gasteiger partial charge in [-0.05, 0) is 26.0 Å². The zero-order chi connectivity index (χ0) is 25.6. The molecule has 0 aliphatic heterocycles. The molecule has 2 atom stereocenters. The van der Waals surface area contributed by atoms with Gasteiger partial charge in [-0.1, -0.05) is 17.7 Å². The number of halogens is 1. The highest BCUT2D eigenvalue weighted by molar-refractivity contribution is 7.91. The fraction of sp³-hybridized carbons (Fsp3) is 0.455. The molecule has 0 fully saturated rings. The van der Waals surface area contributed by atoms with Crippen LogP contribution in [0.5, 0.6) is 11.5 Å². The Labute approximate surface area is 209 Å². The number of hydrogen-bond donors (Lipinski definition) is 0. The molecule has 0 unspecified atom stereocenters. The van der Waals surface area contributed by atoms with E-state index in [2.05, 4.69) is 20.2 Å². The smallest absolute Gasteiger partial charge is 0.163 e. The number of hydrogen-bond acceptors (Lipinski definition) is 10. The second kappa shape index (κ2) is 11.8. The lowest BCUT2D eigenvalue weighted by molar-refractivity contribution is 0.0948. The molecule has 2 aromatic heterocycles. The van der Waals surface area contributed by atoms with Crippen LogP contribution < -0.4 is 9.47 Å². The van der Waals surface area contributed by atoms with Gasteiger partial charge in [-0.3, -0.25) is 4.57 Å². The van der Waals surface area contributed by atoms with Crippen LogP contribution in [0.15, 0.2) is 30.6 Å². The van der Waals surface area contributed by atoms with Gasteiger partial charge in [0.1, 0.15) is 35.7 Å². The van der Waals surface area contributed by atoms with Gasteiger partial charge in [0.2, 0.25) is 0 Å². The highest BCUT2D eigenvalue weighted by atomic mass is 35.5. The first-order valence-electron chi connectivity index (χ1n) is 10.7. The maximum absolute atomic E-state index is 13.5. The number of aromatic nitrogens is 5. The van der Waals surface area contributed by atoms with E-state index in [4.69, 9.17) is 30.5 Å². The maximum atomic E-state index is 13.5. The van der Waals surface area contributed by atoms with Gasteiger partial charge in [0.05, 0.1) is 24.5 Å².